The third-order valence-electron chi connectivity index (χ3n) is 6.14. The van der Waals surface area contributed by atoms with Gasteiger partial charge >= 0.3 is 29.6 Å². The number of aromatic hydroxyl groups is 1. The molecule has 0 radical (unpaired) electrons. The molecule has 1 saturated heterocycles. The number of aromatic nitrogens is 4. The Kier molecular flexibility index (Phi) is 11.6. The van der Waals surface area contributed by atoms with Gasteiger partial charge in [-0.2, -0.15) is 23.7 Å². The molecule has 0 bridgehead atoms. The van der Waals surface area contributed by atoms with Crippen LogP contribution in [0.25, 0.3) is 0 Å². The molecule has 23 heteroatoms. The Hall–Kier alpha value is -3.30. The van der Waals surface area contributed by atoms with E-state index in [9.17, 15) is 39.9 Å². The van der Waals surface area contributed by atoms with Gasteiger partial charge in [0.1, 0.15) is 35.2 Å². The van der Waals surface area contributed by atoms with Crippen molar-refractivity contribution in [2.24, 2.45) is 5.16 Å². The number of anilines is 1. The Labute approximate surface area is 301 Å². The summed E-state index contributed by atoms with van der Waals surface area (Å²) in [5.41, 5.74) is 5.07. The molecule has 3 aromatic rings. The van der Waals surface area contributed by atoms with E-state index in [1.54, 1.807) is 0 Å². The number of β-lactam (4-membered cyclic amide) rings is 1. The van der Waals surface area contributed by atoms with Crippen LogP contribution in [0.2, 0.25) is 0 Å². The number of thioether (sulfide) groups is 3. The van der Waals surface area contributed by atoms with Crippen LogP contribution >= 0.6 is 58.4 Å². The van der Waals surface area contributed by atoms with Crippen molar-refractivity contribution < 1.29 is 64.2 Å². The molecule has 2 aliphatic rings. The van der Waals surface area contributed by atoms with Crippen molar-refractivity contribution in [1.82, 2.24) is 28.7 Å². The standard InChI is InChI=1S/C23H19N9O8S5.Na/c1-40-28-13(16-27-23(25)45-29-16)17(35)26-14-19(36)32-15(21(37)38)8(5-42-20(14)32)6-43-22-10(3-24)18(30-44-22)41-7-9-2-11(33)12(34)4-31(9)39;/h2,4,14,20,34,39H,5-7H2,1H3,(H,26,35)(H,37,38)(H2,25,27,29);/q;+1/p-1/b28-13-;/t14-,20+;/m1./s1. The Morgan fingerprint density at radius 2 is 2.07 bits per heavy atom. The first kappa shape index (κ1) is 35.6. The van der Waals surface area contributed by atoms with E-state index in [1.807, 2.05) is 0 Å². The number of carboxylic acid groups (broad SMARTS) is 1. The number of nitrogen functional groups attached to an aromatic ring is 1. The predicted octanol–water partition coefficient (Wildman–Crippen LogP) is -3.60. The summed E-state index contributed by atoms with van der Waals surface area (Å²) in [5.74, 6) is -3.41. The maximum atomic E-state index is 13.1. The van der Waals surface area contributed by atoms with Crippen LogP contribution in [0, 0.1) is 11.3 Å². The third-order valence-corrected chi connectivity index (χ3v) is 11.3. The number of hydrogen-bond acceptors (Lipinski definition) is 19. The second-order valence-electron chi connectivity index (χ2n) is 8.88. The number of carbonyl (C=O) groups excluding carboxylic acids is 3. The van der Waals surface area contributed by atoms with Gasteiger partial charge in [-0.05, 0) is 17.1 Å². The molecule has 1 fully saturated rings. The van der Waals surface area contributed by atoms with Crippen molar-refractivity contribution in [3.05, 3.63) is 50.8 Å². The van der Waals surface area contributed by atoms with E-state index in [1.165, 1.54) is 18.9 Å². The fourth-order valence-corrected chi connectivity index (χ4v) is 9.08. The summed E-state index contributed by atoms with van der Waals surface area (Å²) < 4.78 is 9.31. The zero-order chi connectivity index (χ0) is 32.4. The van der Waals surface area contributed by atoms with Gasteiger partial charge in [-0.15, -0.1) is 23.5 Å². The van der Waals surface area contributed by atoms with Crippen LogP contribution in [0.1, 0.15) is 17.1 Å². The number of nitrogens with one attached hydrogen (secondary N) is 1. The number of amides is 2. The van der Waals surface area contributed by atoms with Crippen molar-refractivity contribution in [3.8, 4) is 11.8 Å². The first-order chi connectivity index (χ1) is 21.5. The van der Waals surface area contributed by atoms with Crippen molar-refractivity contribution in [3.63, 3.8) is 0 Å². The van der Waals surface area contributed by atoms with Crippen molar-refractivity contribution in [2.45, 2.75) is 26.4 Å². The molecule has 2 aliphatic heterocycles. The van der Waals surface area contributed by atoms with Gasteiger partial charge in [0.05, 0.1) is 27.8 Å². The summed E-state index contributed by atoms with van der Waals surface area (Å²) in [4.78, 5) is 59.6. The molecule has 2 atom stereocenters. The number of pyridine rings is 1. The normalized spacial score (nSPS) is 17.4. The zero-order valence-corrected chi connectivity index (χ0v) is 29.6. The molecule has 0 spiro atoms. The number of carbonyl (C=O) groups is 3. The Balaban J connectivity index is 0.00000480. The number of oxime groups is 1. The monoisotopic (exact) mass is 731 g/mol. The maximum absolute atomic E-state index is 13.1. The molecule has 3 aromatic heterocycles. The molecule has 5 N–H and O–H groups in total. The van der Waals surface area contributed by atoms with E-state index in [0.717, 1.165) is 63.8 Å². The maximum Gasteiger partial charge on any atom is 1.00 e. The number of rotatable bonds is 11. The fraction of sp³-hybridized carbons (Fsp3) is 0.261. The smallest absolute Gasteiger partial charge is 0.543 e. The van der Waals surface area contributed by atoms with E-state index in [0.29, 0.717) is 19.5 Å². The van der Waals surface area contributed by atoms with E-state index < -0.39 is 40.4 Å². The van der Waals surface area contributed by atoms with Gasteiger partial charge in [0.15, 0.2) is 10.9 Å². The molecule has 0 aliphatic carbocycles. The molecular formula is C23H18N9NaO8S5. The summed E-state index contributed by atoms with van der Waals surface area (Å²) in [6.07, 6.45) is 0.865. The van der Waals surface area contributed by atoms with Crippen LogP contribution in [0.15, 0.2) is 42.7 Å². The van der Waals surface area contributed by atoms with Gasteiger partial charge in [0.25, 0.3) is 11.8 Å². The number of carboxylic acids is 1. The van der Waals surface area contributed by atoms with Crippen molar-refractivity contribution in [2.75, 3.05) is 24.3 Å². The summed E-state index contributed by atoms with van der Waals surface area (Å²) in [6, 6.07) is 2.06. The largest absolute Gasteiger partial charge is 1.00 e. The van der Waals surface area contributed by atoms with Gasteiger partial charge in [0, 0.05) is 34.9 Å². The summed E-state index contributed by atoms with van der Waals surface area (Å²) in [7, 11) is 1.21. The van der Waals surface area contributed by atoms with Gasteiger partial charge in [0.2, 0.25) is 17.0 Å². The van der Waals surface area contributed by atoms with Crippen LogP contribution in [0.3, 0.4) is 0 Å². The zero-order valence-electron chi connectivity index (χ0n) is 23.5. The molecule has 234 valence electrons. The molecule has 0 saturated carbocycles. The SMILES string of the molecule is CO/N=C(\C(=O)N[C@@H]1C(=O)N2C(C(=O)[O-])=C(CSc3snc(SCc4cc(=O)c(O)cn4O)c3C#N)CS[C@@H]12)c1nsc(N)n1.[Na+]. The van der Waals surface area contributed by atoms with Crippen LogP contribution in [0.5, 0.6) is 5.75 Å². The first-order valence-corrected chi connectivity index (χ1v) is 16.8. The summed E-state index contributed by atoms with van der Waals surface area (Å²) >= 11 is 5.33. The molecule has 5 heterocycles. The number of nitriles is 1. The van der Waals surface area contributed by atoms with Gasteiger partial charge in [-0.3, -0.25) is 19.3 Å². The molecule has 0 aromatic carbocycles. The average molecular weight is 732 g/mol. The van der Waals surface area contributed by atoms with Crippen LogP contribution in [-0.4, -0.2) is 87.2 Å². The van der Waals surface area contributed by atoms with E-state index in [4.69, 9.17) is 10.6 Å². The van der Waals surface area contributed by atoms with Crippen LogP contribution in [0.4, 0.5) is 5.13 Å². The number of nitrogens with zero attached hydrogens (tertiary/aromatic N) is 7. The van der Waals surface area contributed by atoms with Crippen molar-refractivity contribution >= 4 is 87.0 Å². The van der Waals surface area contributed by atoms with Gasteiger partial charge in [-0.25, -0.2) is 0 Å². The minimum atomic E-state index is -1.57. The number of hydrogen-bond donors (Lipinski definition) is 4. The minimum Gasteiger partial charge on any atom is -0.543 e. The molecule has 46 heavy (non-hydrogen) atoms. The molecule has 2 amide bonds. The second-order valence-corrected chi connectivity index (χ2v) is 13.7. The molecular weight excluding hydrogens is 714 g/mol. The number of fused-ring (bicyclic) bond motifs is 1. The second kappa shape index (κ2) is 15.1. The van der Waals surface area contributed by atoms with Crippen LogP contribution < -0.4 is 51.1 Å². The minimum absolute atomic E-state index is 0. The number of aliphatic carboxylic acids is 1. The van der Waals surface area contributed by atoms with Crippen molar-refractivity contribution in [1.29, 1.82) is 5.26 Å². The van der Waals surface area contributed by atoms with E-state index in [2.05, 4.69) is 30.3 Å². The van der Waals surface area contributed by atoms with Crippen LogP contribution in [-0.2, 0) is 25.0 Å². The van der Waals surface area contributed by atoms with Gasteiger partial charge in [-0.1, -0.05) is 16.9 Å². The Bertz CT molecular complexity index is 1870. The van der Waals surface area contributed by atoms with E-state index >= 15 is 0 Å². The molecule has 0 unspecified atom stereocenters. The Morgan fingerprint density at radius 1 is 1.30 bits per heavy atom. The summed E-state index contributed by atoms with van der Waals surface area (Å²) in [5, 5.41) is 47.2. The number of nitrogens with two attached hydrogens (primary N) is 1. The topological polar surface area (TPSA) is 262 Å². The quantitative estimate of drug-likeness (QED) is 0.0371. The molecule has 17 nitrogen and oxygen atoms in total. The fourth-order valence-electron chi connectivity index (χ4n) is 4.11. The third kappa shape index (κ3) is 7.15. The average Bonchev–Trinajstić information content (AvgIpc) is 3.62. The first-order valence-electron chi connectivity index (χ1n) is 12.2. The predicted molar refractivity (Wildman–Crippen MR) is 162 cm³/mol. The summed E-state index contributed by atoms with van der Waals surface area (Å²) in [6.45, 7) is 0. The Morgan fingerprint density at radius 3 is 2.72 bits per heavy atom. The van der Waals surface area contributed by atoms with Gasteiger partial charge < -0.3 is 36.1 Å². The molecule has 5 rings (SSSR count). The van der Waals surface area contributed by atoms with E-state index in [-0.39, 0.29) is 80.4 Å².